The molecule has 158 valence electrons. The molecule has 0 N–H and O–H groups in total. The molecule has 1 fully saturated rings. The number of hydrogen-bond donors (Lipinski definition) is 0. The smallest absolute Gasteiger partial charge is 0.265 e. The molecule has 30 heavy (non-hydrogen) atoms. The average Bonchev–Trinajstić information content (AvgIpc) is 3.38. The van der Waals surface area contributed by atoms with Crippen molar-refractivity contribution >= 4 is 17.2 Å². The fourth-order valence-electron chi connectivity index (χ4n) is 3.92. The molecule has 3 aromatic rings. The highest BCUT2D eigenvalue weighted by Gasteiger charge is 2.28. The second kappa shape index (κ2) is 9.10. The van der Waals surface area contributed by atoms with E-state index in [-0.39, 0.29) is 11.9 Å². The van der Waals surface area contributed by atoms with Crippen molar-refractivity contribution in [1.82, 2.24) is 19.8 Å². The quantitative estimate of drug-likeness (QED) is 0.594. The molecule has 1 aliphatic rings. The molecule has 7 heteroatoms. The summed E-state index contributed by atoms with van der Waals surface area (Å²) in [6, 6.07) is 10.2. The number of likely N-dealkylation sites (tertiary alicyclic amines) is 1. The van der Waals surface area contributed by atoms with Gasteiger partial charge < -0.3 is 14.2 Å². The molecular formula is C23H28N4O2S. The van der Waals surface area contributed by atoms with E-state index in [4.69, 9.17) is 4.42 Å². The zero-order chi connectivity index (χ0) is 21.1. The molecule has 1 amide bonds. The number of hydrogen-bond acceptors (Lipinski definition) is 6. The Morgan fingerprint density at radius 2 is 2.03 bits per heavy atom. The van der Waals surface area contributed by atoms with Gasteiger partial charge in [0.25, 0.3) is 5.91 Å². The molecule has 0 saturated carbocycles. The fourth-order valence-corrected chi connectivity index (χ4v) is 4.94. The van der Waals surface area contributed by atoms with Crippen LogP contribution in [0.3, 0.4) is 0 Å². The largest absolute Gasteiger partial charge is 0.459 e. The van der Waals surface area contributed by atoms with E-state index in [1.807, 2.05) is 56.3 Å². The van der Waals surface area contributed by atoms with Crippen molar-refractivity contribution in [2.24, 2.45) is 0 Å². The summed E-state index contributed by atoms with van der Waals surface area (Å²) in [5, 5.41) is 0.765. The highest BCUT2D eigenvalue weighted by Crippen LogP contribution is 2.30. The van der Waals surface area contributed by atoms with Crippen molar-refractivity contribution < 1.29 is 9.21 Å². The van der Waals surface area contributed by atoms with E-state index in [0.29, 0.717) is 4.88 Å². The van der Waals surface area contributed by atoms with Crippen molar-refractivity contribution in [3.05, 3.63) is 58.6 Å². The van der Waals surface area contributed by atoms with E-state index in [2.05, 4.69) is 20.9 Å². The Kier molecular flexibility index (Phi) is 6.29. The van der Waals surface area contributed by atoms with Crippen LogP contribution >= 0.6 is 11.3 Å². The number of rotatable bonds is 6. The number of carbonyl (C=O) groups excluding carboxylic acids is 1. The second-order valence-corrected chi connectivity index (χ2v) is 8.90. The van der Waals surface area contributed by atoms with Crippen molar-refractivity contribution in [2.75, 3.05) is 26.7 Å². The number of pyridine rings is 1. The lowest BCUT2D eigenvalue weighted by molar-refractivity contribution is 0.0647. The summed E-state index contributed by atoms with van der Waals surface area (Å²) in [7, 11) is 1.92. The minimum Gasteiger partial charge on any atom is -0.459 e. The lowest BCUT2D eigenvalue weighted by Gasteiger charge is -2.36. The maximum atomic E-state index is 13.2. The zero-order valence-corrected chi connectivity index (χ0v) is 18.6. The zero-order valence-electron chi connectivity index (χ0n) is 17.8. The first kappa shape index (κ1) is 20.8. The Bertz CT molecular complexity index is 990. The van der Waals surface area contributed by atoms with Gasteiger partial charge in [-0.2, -0.15) is 0 Å². The number of piperidine rings is 1. The van der Waals surface area contributed by atoms with Crippen molar-refractivity contribution in [1.29, 1.82) is 0 Å². The summed E-state index contributed by atoms with van der Waals surface area (Å²) in [4.78, 5) is 27.2. The molecule has 0 aromatic carbocycles. The Morgan fingerprint density at radius 3 is 2.70 bits per heavy atom. The summed E-state index contributed by atoms with van der Waals surface area (Å²) < 4.78 is 5.67. The minimum absolute atomic E-state index is 0.0615. The molecule has 0 bridgehead atoms. The first-order chi connectivity index (χ1) is 14.5. The summed E-state index contributed by atoms with van der Waals surface area (Å²) in [6.07, 6.45) is 4.80. The van der Waals surface area contributed by atoms with Gasteiger partial charge in [0.2, 0.25) is 0 Å². The topological polar surface area (TPSA) is 62.5 Å². The number of carbonyl (C=O) groups is 1. The summed E-state index contributed by atoms with van der Waals surface area (Å²) in [6.45, 7) is 6.84. The van der Waals surface area contributed by atoms with Gasteiger partial charge in [-0.1, -0.05) is 6.07 Å². The molecular weight excluding hydrogens is 396 g/mol. The van der Waals surface area contributed by atoms with E-state index in [9.17, 15) is 4.79 Å². The molecule has 0 radical (unpaired) electrons. The lowest BCUT2D eigenvalue weighted by atomic mass is 10.0. The molecule has 3 aromatic heterocycles. The Hall–Kier alpha value is -2.51. The molecule has 0 atom stereocenters. The summed E-state index contributed by atoms with van der Waals surface area (Å²) in [5.74, 6) is 1.63. The Morgan fingerprint density at radius 1 is 1.23 bits per heavy atom. The number of aromatic nitrogens is 2. The van der Waals surface area contributed by atoms with Crippen LogP contribution in [0.15, 0.2) is 40.9 Å². The van der Waals surface area contributed by atoms with Crippen LogP contribution in [-0.2, 0) is 6.42 Å². The van der Waals surface area contributed by atoms with Crippen molar-refractivity contribution in [3.63, 3.8) is 0 Å². The lowest BCUT2D eigenvalue weighted by Crippen LogP contribution is -2.46. The maximum Gasteiger partial charge on any atom is 0.265 e. The fraction of sp³-hybridized carbons (Fsp3) is 0.435. The highest BCUT2D eigenvalue weighted by molar-refractivity contribution is 7.17. The van der Waals surface area contributed by atoms with Gasteiger partial charge in [-0.05, 0) is 51.0 Å². The second-order valence-electron chi connectivity index (χ2n) is 7.90. The average molecular weight is 425 g/mol. The molecule has 4 rings (SSSR count). The third-order valence-electron chi connectivity index (χ3n) is 5.78. The number of aryl methyl sites for hydroxylation is 2. The number of nitrogens with zero attached hydrogens (tertiary/aromatic N) is 4. The minimum atomic E-state index is 0.0615. The first-order valence-electron chi connectivity index (χ1n) is 10.4. The van der Waals surface area contributed by atoms with Gasteiger partial charge in [0.15, 0.2) is 10.8 Å². The Balaban J connectivity index is 1.33. The van der Waals surface area contributed by atoms with Crippen LogP contribution in [0.25, 0.3) is 10.8 Å². The third kappa shape index (κ3) is 4.63. The predicted octanol–water partition coefficient (Wildman–Crippen LogP) is 4.19. The molecule has 0 spiro atoms. The van der Waals surface area contributed by atoms with E-state index >= 15 is 0 Å². The highest BCUT2D eigenvalue weighted by atomic mass is 32.1. The normalized spacial score (nSPS) is 15.4. The molecule has 1 saturated heterocycles. The Labute approximate surface area is 181 Å². The van der Waals surface area contributed by atoms with E-state index < -0.39 is 0 Å². The third-order valence-corrected chi connectivity index (χ3v) is 6.94. The van der Waals surface area contributed by atoms with Gasteiger partial charge in [0.05, 0.1) is 5.69 Å². The van der Waals surface area contributed by atoms with Crippen LogP contribution in [0, 0.1) is 13.8 Å². The number of amides is 1. The van der Waals surface area contributed by atoms with Crippen LogP contribution in [0.2, 0.25) is 0 Å². The number of furan rings is 1. The summed E-state index contributed by atoms with van der Waals surface area (Å²) >= 11 is 1.42. The SMILES string of the molecule is Cc1ccc(-c2nc(C)c(C(=O)N(C)C3CCN(CCc4ccccn4)CC3)s2)o1. The molecule has 0 unspecified atom stereocenters. The van der Waals surface area contributed by atoms with Crippen LogP contribution in [0.4, 0.5) is 0 Å². The van der Waals surface area contributed by atoms with Crippen LogP contribution in [-0.4, -0.2) is 58.4 Å². The first-order valence-corrected chi connectivity index (χ1v) is 11.3. The standard InChI is InChI=1S/C23H28N4O2S/c1-16-7-8-20(29-16)22-25-17(2)21(30-22)23(28)26(3)19-10-14-27(15-11-19)13-9-18-6-4-5-12-24-18/h4-8,12,19H,9-11,13-15H2,1-3H3. The van der Waals surface area contributed by atoms with Gasteiger partial charge in [0.1, 0.15) is 10.6 Å². The van der Waals surface area contributed by atoms with Crippen LogP contribution < -0.4 is 0 Å². The van der Waals surface area contributed by atoms with E-state index in [0.717, 1.165) is 66.8 Å². The maximum absolute atomic E-state index is 13.2. The van der Waals surface area contributed by atoms with Crippen LogP contribution in [0.5, 0.6) is 0 Å². The monoisotopic (exact) mass is 424 g/mol. The molecule has 1 aliphatic heterocycles. The van der Waals surface area contributed by atoms with E-state index in [1.165, 1.54) is 11.3 Å². The van der Waals surface area contributed by atoms with Gasteiger partial charge in [-0.15, -0.1) is 11.3 Å². The van der Waals surface area contributed by atoms with Crippen molar-refractivity contribution in [3.8, 4) is 10.8 Å². The predicted molar refractivity (Wildman–Crippen MR) is 119 cm³/mol. The molecule has 6 nitrogen and oxygen atoms in total. The van der Waals surface area contributed by atoms with Gasteiger partial charge in [0, 0.05) is 51.0 Å². The van der Waals surface area contributed by atoms with E-state index in [1.54, 1.807) is 0 Å². The van der Waals surface area contributed by atoms with Crippen molar-refractivity contribution in [2.45, 2.75) is 39.2 Å². The van der Waals surface area contributed by atoms with Gasteiger partial charge in [-0.25, -0.2) is 4.98 Å². The molecule has 4 heterocycles. The van der Waals surface area contributed by atoms with Gasteiger partial charge in [-0.3, -0.25) is 9.78 Å². The summed E-state index contributed by atoms with van der Waals surface area (Å²) in [5.41, 5.74) is 1.91. The van der Waals surface area contributed by atoms with Crippen LogP contribution in [0.1, 0.15) is 39.7 Å². The van der Waals surface area contributed by atoms with Gasteiger partial charge >= 0.3 is 0 Å². The number of thiazole rings is 1. The molecule has 0 aliphatic carbocycles.